The number of nitrogens with one attached hydrogen (secondary N) is 3. The lowest BCUT2D eigenvalue weighted by atomic mass is 10.0. The van der Waals surface area contributed by atoms with Crippen molar-refractivity contribution in [3.8, 4) is 0 Å². The first-order valence-electron chi connectivity index (χ1n) is 19.2. The van der Waals surface area contributed by atoms with Crippen molar-refractivity contribution in [3.05, 3.63) is 60.2 Å². The number of rotatable bonds is 8. The first-order chi connectivity index (χ1) is 26.9. The molecule has 5 amide bonds. The summed E-state index contributed by atoms with van der Waals surface area (Å²) in [6, 6.07) is 10.8. The average Bonchev–Trinajstić information content (AvgIpc) is 4.07. The van der Waals surface area contributed by atoms with Crippen LogP contribution in [0.25, 0.3) is 10.8 Å². The molecule has 1 unspecified atom stereocenters. The SMILES string of the molecule is COC(=O)C1(OC(=O)N[C@H]2CCCCC/C=C/C3C[C@]3(C(=O)NS(=O)(=O)C3CC3)NC(=O)[C@@H]3CN(C(=O)OCc4cccc5ccccc45)CCN3C2=O)CC1. The number of esters is 1. The van der Waals surface area contributed by atoms with Gasteiger partial charge in [-0.05, 0) is 54.9 Å². The number of alkyl carbamates (subject to hydrolysis) is 1. The maximum atomic E-state index is 14.4. The quantitative estimate of drug-likeness (QED) is 0.201. The van der Waals surface area contributed by atoms with Crippen molar-refractivity contribution in [2.24, 2.45) is 5.92 Å². The van der Waals surface area contributed by atoms with Gasteiger partial charge in [0.2, 0.25) is 27.4 Å². The Kier molecular flexibility index (Phi) is 11.0. The zero-order chi connectivity index (χ0) is 39.7. The van der Waals surface area contributed by atoms with Gasteiger partial charge in [0.05, 0.1) is 18.9 Å². The van der Waals surface area contributed by atoms with Crippen LogP contribution >= 0.6 is 0 Å². The van der Waals surface area contributed by atoms with Crippen LogP contribution in [0.3, 0.4) is 0 Å². The highest BCUT2D eigenvalue weighted by molar-refractivity contribution is 7.91. The Balaban J connectivity index is 1.14. The lowest BCUT2D eigenvalue weighted by Gasteiger charge is -2.41. The summed E-state index contributed by atoms with van der Waals surface area (Å²) < 4.78 is 43.8. The molecule has 3 N–H and O–H groups in total. The van der Waals surface area contributed by atoms with Gasteiger partial charge in [-0.2, -0.15) is 0 Å². The molecule has 17 heteroatoms. The third-order valence-electron chi connectivity index (χ3n) is 11.3. The molecule has 0 aromatic heterocycles. The molecule has 16 nitrogen and oxygen atoms in total. The van der Waals surface area contributed by atoms with Crippen LogP contribution in [0, 0.1) is 5.92 Å². The maximum Gasteiger partial charge on any atom is 0.410 e. The monoisotopic (exact) mass is 793 g/mol. The zero-order valence-electron chi connectivity index (χ0n) is 31.2. The van der Waals surface area contributed by atoms with E-state index in [0.29, 0.717) is 32.1 Å². The topological polar surface area (TPSA) is 207 Å². The molecule has 5 aliphatic rings. The van der Waals surface area contributed by atoms with Crippen LogP contribution in [0.1, 0.15) is 69.8 Å². The fourth-order valence-corrected chi connectivity index (χ4v) is 8.92. The van der Waals surface area contributed by atoms with Crippen LogP contribution in [-0.4, -0.2) is 109 Å². The van der Waals surface area contributed by atoms with Gasteiger partial charge in [-0.3, -0.25) is 19.1 Å². The van der Waals surface area contributed by atoms with E-state index in [1.807, 2.05) is 48.5 Å². The number of carbonyl (C=O) groups is 6. The van der Waals surface area contributed by atoms with Crippen molar-refractivity contribution in [2.45, 2.75) is 99.3 Å². The molecule has 0 spiro atoms. The second-order valence-corrected chi connectivity index (χ2v) is 17.2. The number of amides is 5. The molecule has 2 heterocycles. The largest absolute Gasteiger partial charge is 0.466 e. The molecule has 300 valence electrons. The Morgan fingerprint density at radius 3 is 2.48 bits per heavy atom. The normalized spacial score (nSPS) is 26.8. The predicted molar refractivity (Wildman–Crippen MR) is 200 cm³/mol. The van der Waals surface area contributed by atoms with E-state index in [2.05, 4.69) is 15.4 Å². The molecule has 3 saturated carbocycles. The summed E-state index contributed by atoms with van der Waals surface area (Å²) in [4.78, 5) is 84.2. The Morgan fingerprint density at radius 2 is 1.73 bits per heavy atom. The van der Waals surface area contributed by atoms with Crippen molar-refractivity contribution in [1.29, 1.82) is 0 Å². The Hall–Kier alpha value is -5.19. The first-order valence-corrected chi connectivity index (χ1v) is 20.7. The first kappa shape index (κ1) is 39.1. The predicted octanol–water partition coefficient (Wildman–Crippen LogP) is 2.79. The summed E-state index contributed by atoms with van der Waals surface area (Å²) in [6.07, 6.45) is 6.30. The minimum atomic E-state index is -3.95. The Bertz CT molecular complexity index is 2040. The van der Waals surface area contributed by atoms with E-state index >= 15 is 0 Å². The van der Waals surface area contributed by atoms with Gasteiger partial charge in [-0.25, -0.2) is 22.8 Å². The molecule has 3 aliphatic carbocycles. The molecule has 56 heavy (non-hydrogen) atoms. The van der Waals surface area contributed by atoms with Crippen LogP contribution < -0.4 is 15.4 Å². The van der Waals surface area contributed by atoms with E-state index < -0.39 is 80.3 Å². The van der Waals surface area contributed by atoms with Gasteiger partial charge in [-0.15, -0.1) is 0 Å². The molecule has 2 aromatic rings. The number of methoxy groups -OCH3 is 1. The molecular formula is C39H47N5O11S. The van der Waals surface area contributed by atoms with E-state index in [1.54, 1.807) is 6.08 Å². The van der Waals surface area contributed by atoms with Gasteiger partial charge in [-0.1, -0.05) is 67.5 Å². The van der Waals surface area contributed by atoms with Crippen LogP contribution in [-0.2, 0) is 50.0 Å². The van der Waals surface area contributed by atoms with E-state index in [4.69, 9.17) is 14.2 Å². The van der Waals surface area contributed by atoms with Gasteiger partial charge >= 0.3 is 18.2 Å². The second-order valence-electron chi connectivity index (χ2n) is 15.3. The highest BCUT2D eigenvalue weighted by atomic mass is 32.2. The third kappa shape index (κ3) is 8.32. The van der Waals surface area contributed by atoms with Gasteiger partial charge in [0.1, 0.15) is 24.2 Å². The summed E-state index contributed by atoms with van der Waals surface area (Å²) in [5.41, 5.74) is -2.24. The number of benzene rings is 2. The second kappa shape index (κ2) is 15.7. The summed E-state index contributed by atoms with van der Waals surface area (Å²) in [5, 5.41) is 6.61. The summed E-state index contributed by atoms with van der Waals surface area (Å²) in [7, 11) is -2.76. The van der Waals surface area contributed by atoms with Crippen molar-refractivity contribution in [2.75, 3.05) is 26.7 Å². The van der Waals surface area contributed by atoms with E-state index in [-0.39, 0.29) is 51.9 Å². The lowest BCUT2D eigenvalue weighted by Crippen LogP contribution is -2.66. The molecule has 4 atom stereocenters. The number of sulfonamides is 1. The van der Waals surface area contributed by atoms with Crippen LogP contribution in [0.2, 0.25) is 0 Å². The minimum absolute atomic E-state index is 0.0108. The minimum Gasteiger partial charge on any atom is -0.466 e. The van der Waals surface area contributed by atoms with E-state index in [0.717, 1.165) is 22.8 Å². The average molecular weight is 794 g/mol. The molecule has 1 saturated heterocycles. The highest BCUT2D eigenvalue weighted by Gasteiger charge is 2.62. The number of hydrogen-bond donors (Lipinski definition) is 3. The molecule has 4 fully saturated rings. The number of fused-ring (bicyclic) bond motifs is 3. The van der Waals surface area contributed by atoms with Gasteiger partial charge in [0.25, 0.3) is 5.91 Å². The molecular weight excluding hydrogens is 747 g/mol. The molecule has 2 aliphatic heterocycles. The fraction of sp³-hybridized carbons (Fsp3) is 0.538. The smallest absolute Gasteiger partial charge is 0.410 e. The standard InChI is InChI=1S/C39H47N5O11S/c1-53-35(48)38(18-19-38)55-36(49)40-30-15-6-4-2-3-5-13-27-22-39(27,34(47)42-56(51,52)28-16-17-28)41-32(45)31-23-43(20-21-44(31)33(30)46)37(50)54-24-26-12-9-11-25-10-7-8-14-29(25)26/h5,7-14,27-28,30-31H,2-4,6,15-24H2,1H3,(H,40,49)(H,41,45)(H,42,47)/b13-5+/t27?,30-,31-,39-/m0/s1. The molecule has 2 aromatic carbocycles. The fourth-order valence-electron chi connectivity index (χ4n) is 7.56. The summed E-state index contributed by atoms with van der Waals surface area (Å²) in [5.74, 6) is -3.47. The number of piperazine rings is 1. The number of ether oxygens (including phenoxy) is 3. The van der Waals surface area contributed by atoms with Crippen molar-refractivity contribution >= 4 is 56.7 Å². The molecule has 7 rings (SSSR count). The Labute approximate surface area is 324 Å². The Morgan fingerprint density at radius 1 is 0.964 bits per heavy atom. The number of hydrogen-bond acceptors (Lipinski definition) is 11. The van der Waals surface area contributed by atoms with Gasteiger partial charge in [0.15, 0.2) is 0 Å². The number of allylic oxidation sites excluding steroid dienone is 1. The third-order valence-corrected chi connectivity index (χ3v) is 13.1. The zero-order valence-corrected chi connectivity index (χ0v) is 32.0. The van der Waals surface area contributed by atoms with Gasteiger partial charge < -0.3 is 34.6 Å². The number of nitrogens with zero attached hydrogens (tertiary/aromatic N) is 2. The maximum absolute atomic E-state index is 14.4. The van der Waals surface area contributed by atoms with Crippen molar-refractivity contribution in [3.63, 3.8) is 0 Å². The van der Waals surface area contributed by atoms with Crippen molar-refractivity contribution < 1.29 is 51.4 Å². The molecule has 0 radical (unpaired) electrons. The van der Waals surface area contributed by atoms with Crippen LogP contribution in [0.4, 0.5) is 9.59 Å². The van der Waals surface area contributed by atoms with Gasteiger partial charge in [0, 0.05) is 31.8 Å². The summed E-state index contributed by atoms with van der Waals surface area (Å²) in [6.45, 7) is -0.501. The van der Waals surface area contributed by atoms with E-state index in [9.17, 15) is 37.2 Å². The van der Waals surface area contributed by atoms with E-state index in [1.165, 1.54) is 16.9 Å². The number of carbonyl (C=O) groups excluding carboxylic acids is 6. The summed E-state index contributed by atoms with van der Waals surface area (Å²) >= 11 is 0. The lowest BCUT2D eigenvalue weighted by molar-refractivity contribution is -0.153. The molecule has 0 bridgehead atoms. The van der Waals surface area contributed by atoms with Crippen molar-refractivity contribution in [1.82, 2.24) is 25.2 Å². The van der Waals surface area contributed by atoms with Crippen LogP contribution in [0.15, 0.2) is 54.6 Å². The van der Waals surface area contributed by atoms with Crippen LogP contribution in [0.5, 0.6) is 0 Å². The highest BCUT2D eigenvalue weighted by Crippen LogP contribution is 2.46.